The van der Waals surface area contributed by atoms with Crippen LogP contribution in [0.1, 0.15) is 6.92 Å². The van der Waals surface area contributed by atoms with E-state index in [0.29, 0.717) is 0 Å². The molecule has 0 aromatic heterocycles. The third-order valence-electron chi connectivity index (χ3n) is 1.80. The zero-order valence-corrected chi connectivity index (χ0v) is 6.38. The predicted molar refractivity (Wildman–Crippen MR) is 37.3 cm³/mol. The summed E-state index contributed by atoms with van der Waals surface area (Å²) < 4.78 is 0. The van der Waals surface area contributed by atoms with Crippen LogP contribution in [-0.4, -0.2) is 29.6 Å². The van der Waals surface area contributed by atoms with E-state index in [1.54, 1.807) is 0 Å². The number of urea groups is 1. The van der Waals surface area contributed by atoms with E-state index < -0.39 is 23.3 Å². The van der Waals surface area contributed by atoms with Crippen molar-refractivity contribution in [2.24, 2.45) is 5.41 Å². The minimum atomic E-state index is -1.55. The van der Waals surface area contributed by atoms with Crippen molar-refractivity contribution in [3.63, 3.8) is 0 Å². The quantitative estimate of drug-likeness (QED) is 0.438. The van der Waals surface area contributed by atoms with Crippen molar-refractivity contribution in [3.05, 3.63) is 0 Å². The molecule has 12 heavy (non-hydrogen) atoms. The zero-order chi connectivity index (χ0) is 9.35. The van der Waals surface area contributed by atoms with Crippen molar-refractivity contribution in [2.75, 3.05) is 6.54 Å². The molecule has 6 heteroatoms. The van der Waals surface area contributed by atoms with Gasteiger partial charge in [0.25, 0.3) is 0 Å². The molecular weight excluding hydrogens is 164 g/mol. The zero-order valence-electron chi connectivity index (χ0n) is 6.38. The molecule has 0 aliphatic carbocycles. The molecule has 66 valence electrons. The molecule has 3 amide bonds. The SMILES string of the molecule is CC1(C(=O)O)CNC(=O)NC1=O. The second kappa shape index (κ2) is 2.47. The molecule has 6 nitrogen and oxygen atoms in total. The maximum atomic E-state index is 11.0. The Bertz CT molecular complexity index is 262. The van der Waals surface area contributed by atoms with E-state index in [1.165, 1.54) is 6.92 Å². The van der Waals surface area contributed by atoms with Crippen LogP contribution in [0.2, 0.25) is 0 Å². The monoisotopic (exact) mass is 172 g/mol. The Kier molecular flexibility index (Phi) is 1.75. The Balaban J connectivity index is 2.87. The van der Waals surface area contributed by atoms with Crippen molar-refractivity contribution >= 4 is 17.9 Å². The van der Waals surface area contributed by atoms with E-state index in [0.717, 1.165) is 0 Å². The molecule has 1 unspecified atom stereocenters. The molecule has 0 aromatic carbocycles. The normalized spacial score (nSPS) is 29.1. The van der Waals surface area contributed by atoms with Crippen LogP contribution in [0, 0.1) is 5.41 Å². The molecule has 1 fully saturated rings. The van der Waals surface area contributed by atoms with E-state index in [4.69, 9.17) is 5.11 Å². The second-order valence-corrected chi connectivity index (χ2v) is 2.77. The second-order valence-electron chi connectivity index (χ2n) is 2.77. The number of amides is 3. The molecule has 1 saturated heterocycles. The van der Waals surface area contributed by atoms with Gasteiger partial charge in [-0.3, -0.25) is 14.9 Å². The predicted octanol–water partition coefficient (Wildman–Crippen LogP) is -1.08. The first-order valence-electron chi connectivity index (χ1n) is 3.29. The maximum Gasteiger partial charge on any atom is 0.321 e. The molecule has 3 N–H and O–H groups in total. The summed E-state index contributed by atoms with van der Waals surface area (Å²) in [7, 11) is 0. The van der Waals surface area contributed by atoms with Crippen LogP contribution < -0.4 is 10.6 Å². The molecule has 0 radical (unpaired) electrons. The van der Waals surface area contributed by atoms with Gasteiger partial charge in [-0.05, 0) is 6.92 Å². The van der Waals surface area contributed by atoms with E-state index in [1.807, 2.05) is 5.32 Å². The van der Waals surface area contributed by atoms with Gasteiger partial charge in [0.15, 0.2) is 5.41 Å². The number of aliphatic carboxylic acids is 1. The van der Waals surface area contributed by atoms with Gasteiger partial charge < -0.3 is 10.4 Å². The van der Waals surface area contributed by atoms with Crippen molar-refractivity contribution in [2.45, 2.75) is 6.92 Å². The number of hydrogen-bond acceptors (Lipinski definition) is 3. The minimum Gasteiger partial charge on any atom is -0.480 e. The molecule has 0 saturated carbocycles. The van der Waals surface area contributed by atoms with Crippen LogP contribution >= 0.6 is 0 Å². The summed E-state index contributed by atoms with van der Waals surface area (Å²) in [6.07, 6.45) is 0. The van der Waals surface area contributed by atoms with Crippen molar-refractivity contribution in [1.29, 1.82) is 0 Å². The number of carbonyl (C=O) groups excluding carboxylic acids is 2. The van der Waals surface area contributed by atoms with Gasteiger partial charge in [0.05, 0.1) is 0 Å². The fourth-order valence-corrected chi connectivity index (χ4v) is 0.795. The number of rotatable bonds is 1. The van der Waals surface area contributed by atoms with E-state index in [9.17, 15) is 14.4 Å². The standard InChI is InChI=1S/C6H8N2O4/c1-6(4(10)11)2-7-5(12)8-3(6)9/h2H2,1H3,(H,10,11)(H2,7,8,9,12). The minimum absolute atomic E-state index is 0.174. The highest BCUT2D eigenvalue weighted by Gasteiger charge is 2.45. The van der Waals surface area contributed by atoms with E-state index in [2.05, 4.69) is 5.32 Å². The number of carboxylic acids is 1. The van der Waals surface area contributed by atoms with Gasteiger partial charge in [0.1, 0.15) is 0 Å². The van der Waals surface area contributed by atoms with Crippen LogP contribution in [0.25, 0.3) is 0 Å². The molecule has 1 heterocycles. The van der Waals surface area contributed by atoms with E-state index >= 15 is 0 Å². The lowest BCUT2D eigenvalue weighted by atomic mass is 9.88. The Hall–Kier alpha value is -1.59. The van der Waals surface area contributed by atoms with E-state index in [-0.39, 0.29) is 6.54 Å². The van der Waals surface area contributed by atoms with Crippen molar-refractivity contribution < 1.29 is 19.5 Å². The highest BCUT2D eigenvalue weighted by atomic mass is 16.4. The fourth-order valence-electron chi connectivity index (χ4n) is 0.795. The van der Waals surface area contributed by atoms with Gasteiger partial charge in [0.2, 0.25) is 5.91 Å². The molecule has 1 aliphatic heterocycles. The van der Waals surface area contributed by atoms with Gasteiger partial charge in [-0.25, -0.2) is 4.79 Å². The summed E-state index contributed by atoms with van der Waals surface area (Å²) >= 11 is 0. The topological polar surface area (TPSA) is 95.5 Å². The first-order valence-corrected chi connectivity index (χ1v) is 3.29. The average molecular weight is 172 g/mol. The van der Waals surface area contributed by atoms with Gasteiger partial charge >= 0.3 is 12.0 Å². The lowest BCUT2D eigenvalue weighted by Gasteiger charge is -2.27. The summed E-state index contributed by atoms with van der Waals surface area (Å²) in [6, 6.07) is -0.654. The molecule has 1 rings (SSSR count). The maximum absolute atomic E-state index is 11.0. The number of nitrogens with one attached hydrogen (secondary N) is 2. The highest BCUT2D eigenvalue weighted by molar-refractivity contribution is 6.09. The number of carbonyl (C=O) groups is 3. The molecular formula is C6H8N2O4. The van der Waals surface area contributed by atoms with Gasteiger partial charge in [0, 0.05) is 6.54 Å². The molecule has 1 aliphatic rings. The van der Waals surface area contributed by atoms with Crippen LogP contribution in [0.4, 0.5) is 4.79 Å². The third-order valence-corrected chi connectivity index (χ3v) is 1.80. The Labute approximate surface area is 67.9 Å². The summed E-state index contributed by atoms with van der Waals surface area (Å²) in [5.74, 6) is -2.03. The smallest absolute Gasteiger partial charge is 0.321 e. The van der Waals surface area contributed by atoms with Gasteiger partial charge in [-0.1, -0.05) is 0 Å². The molecule has 0 aromatic rings. The van der Waals surface area contributed by atoms with Crippen LogP contribution in [0.3, 0.4) is 0 Å². The first kappa shape index (κ1) is 8.51. The largest absolute Gasteiger partial charge is 0.480 e. The van der Waals surface area contributed by atoms with Gasteiger partial charge in [-0.2, -0.15) is 0 Å². The first-order chi connectivity index (χ1) is 5.47. The summed E-state index contributed by atoms with van der Waals surface area (Å²) in [5.41, 5.74) is -1.55. The summed E-state index contributed by atoms with van der Waals surface area (Å²) in [6.45, 7) is 1.08. The number of hydrogen-bond donors (Lipinski definition) is 3. The fraction of sp³-hybridized carbons (Fsp3) is 0.500. The molecule has 0 spiro atoms. The van der Waals surface area contributed by atoms with Gasteiger partial charge in [-0.15, -0.1) is 0 Å². The molecule has 1 atom stereocenters. The Morgan fingerprint density at radius 3 is 2.58 bits per heavy atom. The van der Waals surface area contributed by atoms with Crippen molar-refractivity contribution in [1.82, 2.24) is 10.6 Å². The third kappa shape index (κ3) is 1.11. The Morgan fingerprint density at radius 2 is 2.17 bits per heavy atom. The van der Waals surface area contributed by atoms with Crippen molar-refractivity contribution in [3.8, 4) is 0 Å². The van der Waals surface area contributed by atoms with Crippen LogP contribution in [0.15, 0.2) is 0 Å². The summed E-state index contributed by atoms with van der Waals surface area (Å²) in [5, 5.41) is 12.8. The number of imide groups is 1. The lowest BCUT2D eigenvalue weighted by Crippen LogP contribution is -2.60. The summed E-state index contributed by atoms with van der Waals surface area (Å²) in [4.78, 5) is 32.1. The van der Waals surface area contributed by atoms with Crippen LogP contribution in [0.5, 0.6) is 0 Å². The number of carboxylic acid groups (broad SMARTS) is 1. The lowest BCUT2D eigenvalue weighted by molar-refractivity contribution is -0.154. The molecule has 0 bridgehead atoms. The highest BCUT2D eigenvalue weighted by Crippen LogP contribution is 2.17. The van der Waals surface area contributed by atoms with Crippen LogP contribution in [-0.2, 0) is 9.59 Å². The average Bonchev–Trinajstić information content (AvgIpc) is 1.97. The Morgan fingerprint density at radius 1 is 1.58 bits per heavy atom.